The number of hydrogen-bond acceptors (Lipinski definition) is 5. The Morgan fingerprint density at radius 2 is 1.89 bits per heavy atom. The zero-order chi connectivity index (χ0) is 20.1. The van der Waals surface area contributed by atoms with Gasteiger partial charge in [-0.2, -0.15) is 0 Å². The number of carbonyl (C=O) groups excluding carboxylic acids is 1. The highest BCUT2D eigenvalue weighted by Crippen LogP contribution is 2.40. The summed E-state index contributed by atoms with van der Waals surface area (Å²) in [5.74, 6) is -0.311. The predicted molar refractivity (Wildman–Crippen MR) is 115 cm³/mol. The van der Waals surface area contributed by atoms with Crippen LogP contribution in [0.15, 0.2) is 42.5 Å². The van der Waals surface area contributed by atoms with E-state index in [1.165, 1.54) is 31.1 Å². The summed E-state index contributed by atoms with van der Waals surface area (Å²) in [5, 5.41) is 3.58. The van der Waals surface area contributed by atoms with Crippen molar-refractivity contribution in [2.45, 2.75) is 39.4 Å². The van der Waals surface area contributed by atoms with Gasteiger partial charge in [-0.25, -0.2) is 4.79 Å². The summed E-state index contributed by atoms with van der Waals surface area (Å²) < 4.78 is 4.85. The lowest BCUT2D eigenvalue weighted by Gasteiger charge is -2.25. The van der Waals surface area contributed by atoms with E-state index in [1.54, 1.807) is 6.07 Å². The van der Waals surface area contributed by atoms with Crippen molar-refractivity contribution in [1.82, 2.24) is 4.90 Å². The van der Waals surface area contributed by atoms with Crippen molar-refractivity contribution < 1.29 is 9.53 Å². The van der Waals surface area contributed by atoms with E-state index in [0.29, 0.717) is 5.56 Å². The molecule has 0 amide bonds. The number of nitrogens with one attached hydrogen (secondary N) is 1. The fourth-order valence-corrected chi connectivity index (χ4v) is 3.90. The highest BCUT2D eigenvalue weighted by atomic mass is 16.5. The van der Waals surface area contributed by atoms with Crippen LogP contribution in [0.3, 0.4) is 0 Å². The number of benzene rings is 2. The van der Waals surface area contributed by atoms with Gasteiger partial charge >= 0.3 is 5.97 Å². The van der Waals surface area contributed by atoms with Gasteiger partial charge in [-0.15, -0.1) is 0 Å². The maximum atomic E-state index is 11.9. The van der Waals surface area contributed by atoms with Crippen LogP contribution >= 0.6 is 0 Å². The largest absolute Gasteiger partial charge is 0.465 e. The van der Waals surface area contributed by atoms with Crippen molar-refractivity contribution in [3.05, 3.63) is 59.2 Å². The lowest BCUT2D eigenvalue weighted by atomic mass is 10.1. The van der Waals surface area contributed by atoms with Crippen LogP contribution in [0.1, 0.15) is 54.3 Å². The number of hydrogen-bond donors (Lipinski definition) is 1. The molecule has 0 aromatic heterocycles. The number of rotatable bonds is 8. The van der Waals surface area contributed by atoms with Gasteiger partial charge in [0, 0.05) is 13.6 Å². The average Bonchev–Trinajstić information content (AvgIpc) is 3.04. The second-order valence-electron chi connectivity index (χ2n) is 7.40. The van der Waals surface area contributed by atoms with Crippen LogP contribution in [0, 0.1) is 0 Å². The van der Waals surface area contributed by atoms with E-state index in [2.05, 4.69) is 60.3 Å². The molecule has 1 aliphatic heterocycles. The molecular weight excluding hydrogens is 350 g/mol. The first-order valence-corrected chi connectivity index (χ1v) is 10.1. The van der Waals surface area contributed by atoms with Crippen LogP contribution in [0.25, 0.3) is 0 Å². The quantitative estimate of drug-likeness (QED) is 0.674. The van der Waals surface area contributed by atoms with Crippen LogP contribution in [0.2, 0.25) is 0 Å². The molecule has 5 heteroatoms. The molecule has 0 saturated carbocycles. The highest BCUT2D eigenvalue weighted by Gasteiger charge is 2.28. The maximum absolute atomic E-state index is 11.9. The molecule has 1 atom stereocenters. The van der Waals surface area contributed by atoms with Crippen molar-refractivity contribution in [2.24, 2.45) is 0 Å². The maximum Gasteiger partial charge on any atom is 0.337 e. The summed E-state index contributed by atoms with van der Waals surface area (Å²) in [6, 6.07) is 14.4. The van der Waals surface area contributed by atoms with E-state index < -0.39 is 0 Å². The minimum absolute atomic E-state index is 0.0497. The molecule has 0 bridgehead atoms. The van der Waals surface area contributed by atoms with Gasteiger partial charge in [-0.1, -0.05) is 38.1 Å². The number of anilines is 2. The second kappa shape index (κ2) is 9.11. The molecule has 1 unspecified atom stereocenters. The molecule has 2 aromatic rings. The molecule has 0 radical (unpaired) electrons. The topological polar surface area (TPSA) is 44.8 Å². The zero-order valence-electron chi connectivity index (χ0n) is 17.4. The lowest BCUT2D eigenvalue weighted by molar-refractivity contribution is 0.0601. The molecule has 0 spiro atoms. The van der Waals surface area contributed by atoms with Crippen LogP contribution in [0.4, 0.5) is 11.4 Å². The van der Waals surface area contributed by atoms with E-state index in [1.807, 2.05) is 12.1 Å². The Morgan fingerprint density at radius 1 is 1.14 bits per heavy atom. The molecular formula is C23H31N3O2. The Balaban J connectivity index is 1.79. The molecule has 0 aliphatic carbocycles. The van der Waals surface area contributed by atoms with Gasteiger partial charge in [0.15, 0.2) is 0 Å². The number of ether oxygens (including phenoxy) is 1. The molecule has 2 aromatic carbocycles. The van der Waals surface area contributed by atoms with Crippen LogP contribution in [-0.4, -0.2) is 38.1 Å². The van der Waals surface area contributed by atoms with Gasteiger partial charge in [-0.3, -0.25) is 4.90 Å². The van der Waals surface area contributed by atoms with Crippen molar-refractivity contribution in [2.75, 3.05) is 37.5 Å². The van der Waals surface area contributed by atoms with Gasteiger partial charge in [0.25, 0.3) is 0 Å². The van der Waals surface area contributed by atoms with Crippen molar-refractivity contribution >= 4 is 17.3 Å². The molecule has 3 rings (SSSR count). The van der Waals surface area contributed by atoms with Gasteiger partial charge in [0.05, 0.1) is 24.0 Å². The first-order chi connectivity index (χ1) is 13.6. The molecule has 0 saturated heterocycles. The third-order valence-electron chi connectivity index (χ3n) is 5.23. The van der Waals surface area contributed by atoms with Crippen molar-refractivity contribution in [3.8, 4) is 0 Å². The minimum Gasteiger partial charge on any atom is -0.465 e. The molecule has 5 nitrogen and oxygen atoms in total. The van der Waals surface area contributed by atoms with Gasteiger partial charge < -0.3 is 15.0 Å². The fourth-order valence-electron chi connectivity index (χ4n) is 3.90. The second-order valence-corrected chi connectivity index (χ2v) is 7.40. The predicted octanol–water partition coefficient (Wildman–Crippen LogP) is 4.66. The third kappa shape index (κ3) is 4.30. The van der Waals surface area contributed by atoms with Crippen molar-refractivity contribution in [3.63, 3.8) is 0 Å². The number of nitrogens with zero attached hydrogens (tertiary/aromatic N) is 2. The molecule has 1 heterocycles. The van der Waals surface area contributed by atoms with E-state index in [4.69, 9.17) is 4.74 Å². The summed E-state index contributed by atoms with van der Waals surface area (Å²) in [5.41, 5.74) is 5.17. The Bertz CT molecular complexity index is 815. The highest BCUT2D eigenvalue weighted by molar-refractivity contribution is 5.93. The normalized spacial score (nSPS) is 15.5. The standard InChI is InChI=1S/C23H31N3O2/c1-5-12-26(13-6-2)16-17-8-7-9-18(14-17)22-24-20-11-10-19(23(27)28-4)15-21(20)25(22)3/h7-11,14-15,22,24H,5-6,12-13,16H2,1-4H3. The summed E-state index contributed by atoms with van der Waals surface area (Å²) in [6.07, 6.45) is 2.39. The summed E-state index contributed by atoms with van der Waals surface area (Å²) >= 11 is 0. The summed E-state index contributed by atoms with van der Waals surface area (Å²) in [4.78, 5) is 16.6. The van der Waals surface area contributed by atoms with Gasteiger partial charge in [0.2, 0.25) is 0 Å². The Hall–Kier alpha value is -2.53. The van der Waals surface area contributed by atoms with Crippen LogP contribution < -0.4 is 10.2 Å². The first-order valence-electron chi connectivity index (χ1n) is 10.1. The van der Waals surface area contributed by atoms with E-state index >= 15 is 0 Å². The lowest BCUT2D eigenvalue weighted by Crippen LogP contribution is -2.26. The summed E-state index contributed by atoms with van der Waals surface area (Å²) in [7, 11) is 3.46. The van der Waals surface area contributed by atoms with Crippen LogP contribution in [-0.2, 0) is 11.3 Å². The molecule has 150 valence electrons. The molecule has 1 N–H and O–H groups in total. The van der Waals surface area contributed by atoms with E-state index in [-0.39, 0.29) is 12.1 Å². The minimum atomic E-state index is -0.311. The SMILES string of the molecule is CCCN(CCC)Cc1cccc(C2Nc3ccc(C(=O)OC)cc3N2C)c1. The van der Waals surface area contributed by atoms with Crippen LogP contribution in [0.5, 0.6) is 0 Å². The number of esters is 1. The van der Waals surface area contributed by atoms with Gasteiger partial charge in [-0.05, 0) is 55.3 Å². The van der Waals surface area contributed by atoms with Crippen molar-refractivity contribution in [1.29, 1.82) is 0 Å². The van der Waals surface area contributed by atoms with E-state index in [9.17, 15) is 4.79 Å². The Morgan fingerprint density at radius 3 is 2.57 bits per heavy atom. The van der Waals surface area contributed by atoms with E-state index in [0.717, 1.165) is 31.0 Å². The first kappa shape index (κ1) is 20.2. The average molecular weight is 382 g/mol. The Labute approximate surface area is 168 Å². The number of carbonyl (C=O) groups is 1. The fraction of sp³-hybridized carbons (Fsp3) is 0.435. The molecule has 0 fully saturated rings. The Kier molecular flexibility index (Phi) is 6.57. The number of fused-ring (bicyclic) bond motifs is 1. The van der Waals surface area contributed by atoms with Gasteiger partial charge in [0.1, 0.15) is 6.17 Å². The molecule has 28 heavy (non-hydrogen) atoms. The number of methoxy groups -OCH3 is 1. The summed E-state index contributed by atoms with van der Waals surface area (Å²) in [6.45, 7) is 7.70. The molecule has 1 aliphatic rings. The monoisotopic (exact) mass is 381 g/mol. The third-order valence-corrected chi connectivity index (χ3v) is 5.23. The smallest absolute Gasteiger partial charge is 0.337 e. The zero-order valence-corrected chi connectivity index (χ0v) is 17.4.